The summed E-state index contributed by atoms with van der Waals surface area (Å²) in [6.45, 7) is 0. The maximum Gasteiger partial charge on any atom is 0.257 e. The number of aromatic nitrogens is 1. The van der Waals surface area contributed by atoms with Gasteiger partial charge in [0.2, 0.25) is 0 Å². The zero-order chi connectivity index (χ0) is 14.7. The van der Waals surface area contributed by atoms with E-state index in [9.17, 15) is 9.18 Å². The van der Waals surface area contributed by atoms with Gasteiger partial charge in [-0.2, -0.15) is 5.26 Å². The maximum absolute atomic E-state index is 13.2. The largest absolute Gasteiger partial charge is 0.384 e. The lowest BCUT2D eigenvalue weighted by molar-refractivity contribution is 0.102. The summed E-state index contributed by atoms with van der Waals surface area (Å²) in [6.07, 6.45) is 1.26. The highest BCUT2D eigenvalue weighted by Gasteiger charge is 2.12. The molecule has 5 nitrogen and oxygen atoms in total. The van der Waals surface area contributed by atoms with Crippen LogP contribution in [0.5, 0.6) is 0 Å². The van der Waals surface area contributed by atoms with E-state index in [2.05, 4.69) is 10.3 Å². The number of nitrogens with zero attached hydrogens (tertiary/aromatic N) is 2. The molecule has 0 aliphatic rings. The van der Waals surface area contributed by atoms with Crippen LogP contribution in [0.4, 0.5) is 15.9 Å². The highest BCUT2D eigenvalue weighted by Crippen LogP contribution is 2.19. The van der Waals surface area contributed by atoms with Gasteiger partial charge in [-0.25, -0.2) is 9.37 Å². The molecular weight excluding hydrogens is 283 g/mol. The Balaban J connectivity index is 2.28. The number of rotatable bonds is 2. The molecule has 0 radical (unpaired) electrons. The fourth-order valence-electron chi connectivity index (χ4n) is 1.52. The molecule has 1 heterocycles. The van der Waals surface area contributed by atoms with Crippen molar-refractivity contribution in [2.45, 2.75) is 0 Å². The number of hydrogen-bond donors (Lipinski definition) is 2. The van der Waals surface area contributed by atoms with Gasteiger partial charge in [-0.3, -0.25) is 4.79 Å². The Hall–Kier alpha value is -2.65. The van der Waals surface area contributed by atoms with Gasteiger partial charge in [0.05, 0.1) is 16.1 Å². The molecule has 1 amide bonds. The molecule has 0 unspecified atom stereocenters. The number of amides is 1. The first-order valence-corrected chi connectivity index (χ1v) is 5.81. The number of carbonyl (C=O) groups excluding carboxylic acids is 1. The van der Waals surface area contributed by atoms with Crippen LogP contribution >= 0.6 is 11.6 Å². The summed E-state index contributed by atoms with van der Waals surface area (Å²) in [7, 11) is 0. The summed E-state index contributed by atoms with van der Waals surface area (Å²) in [5.74, 6) is -1.03. The Bertz CT molecular complexity index is 727. The van der Waals surface area contributed by atoms with Crippen LogP contribution in [0.3, 0.4) is 0 Å². The minimum atomic E-state index is -0.656. The van der Waals surface area contributed by atoms with Crippen molar-refractivity contribution in [2.75, 3.05) is 11.1 Å². The maximum atomic E-state index is 13.2. The highest BCUT2D eigenvalue weighted by molar-refractivity contribution is 6.34. The number of carbonyl (C=O) groups is 1. The SMILES string of the molecule is N#Cc1cc(NC(=O)c2cc(N)ncc2Cl)ccc1F. The van der Waals surface area contributed by atoms with E-state index in [0.717, 1.165) is 6.07 Å². The molecule has 7 heteroatoms. The summed E-state index contributed by atoms with van der Waals surface area (Å²) < 4.78 is 13.2. The van der Waals surface area contributed by atoms with E-state index in [1.54, 1.807) is 6.07 Å². The number of anilines is 2. The van der Waals surface area contributed by atoms with E-state index in [4.69, 9.17) is 22.6 Å². The zero-order valence-corrected chi connectivity index (χ0v) is 10.8. The van der Waals surface area contributed by atoms with Crippen LogP contribution in [-0.2, 0) is 0 Å². The normalized spacial score (nSPS) is 9.85. The molecule has 100 valence electrons. The summed E-state index contributed by atoms with van der Waals surface area (Å²) in [5, 5.41) is 11.4. The van der Waals surface area contributed by atoms with Gasteiger partial charge in [-0.05, 0) is 24.3 Å². The average Bonchev–Trinajstić information content (AvgIpc) is 2.43. The predicted octanol–water partition coefficient (Wildman–Crippen LogP) is 2.58. The predicted molar refractivity (Wildman–Crippen MR) is 72.7 cm³/mol. The van der Waals surface area contributed by atoms with Crippen LogP contribution in [0, 0.1) is 17.1 Å². The monoisotopic (exact) mass is 290 g/mol. The van der Waals surface area contributed by atoms with Crippen molar-refractivity contribution in [3.05, 3.63) is 52.4 Å². The van der Waals surface area contributed by atoms with Gasteiger partial charge >= 0.3 is 0 Å². The van der Waals surface area contributed by atoms with Gasteiger partial charge in [0.15, 0.2) is 0 Å². The second-order valence-electron chi connectivity index (χ2n) is 3.85. The van der Waals surface area contributed by atoms with Crippen LogP contribution in [0.25, 0.3) is 0 Å². The molecule has 2 aromatic rings. The van der Waals surface area contributed by atoms with Crippen molar-refractivity contribution in [3.63, 3.8) is 0 Å². The number of benzene rings is 1. The number of pyridine rings is 1. The zero-order valence-electron chi connectivity index (χ0n) is 10.0. The van der Waals surface area contributed by atoms with Gasteiger partial charge in [-0.1, -0.05) is 11.6 Å². The van der Waals surface area contributed by atoms with Gasteiger partial charge in [0, 0.05) is 11.9 Å². The first-order valence-electron chi connectivity index (χ1n) is 5.43. The molecule has 1 aromatic heterocycles. The van der Waals surface area contributed by atoms with Gasteiger partial charge < -0.3 is 11.1 Å². The van der Waals surface area contributed by atoms with Gasteiger partial charge in [0.25, 0.3) is 5.91 Å². The molecule has 0 saturated carbocycles. The molecule has 1 aromatic carbocycles. The Morgan fingerprint density at radius 3 is 2.90 bits per heavy atom. The van der Waals surface area contributed by atoms with E-state index < -0.39 is 11.7 Å². The highest BCUT2D eigenvalue weighted by atomic mass is 35.5. The third-order valence-electron chi connectivity index (χ3n) is 2.47. The van der Waals surface area contributed by atoms with E-state index in [0.29, 0.717) is 0 Å². The first kappa shape index (κ1) is 13.8. The second kappa shape index (κ2) is 5.55. The van der Waals surface area contributed by atoms with Crippen LogP contribution in [0.15, 0.2) is 30.5 Å². The fraction of sp³-hybridized carbons (Fsp3) is 0. The molecule has 0 atom stereocenters. The molecule has 0 fully saturated rings. The minimum absolute atomic E-state index is 0.138. The Labute approximate surface area is 118 Å². The summed E-state index contributed by atoms with van der Waals surface area (Å²) in [6, 6.07) is 6.67. The van der Waals surface area contributed by atoms with Crippen LogP contribution in [-0.4, -0.2) is 10.9 Å². The number of nitrogens with two attached hydrogens (primary N) is 1. The molecule has 0 aliphatic carbocycles. The lowest BCUT2D eigenvalue weighted by atomic mass is 10.2. The second-order valence-corrected chi connectivity index (χ2v) is 4.26. The van der Waals surface area contributed by atoms with E-state index in [1.165, 1.54) is 24.4 Å². The number of halogens is 2. The molecule has 0 aliphatic heterocycles. The fourth-order valence-corrected chi connectivity index (χ4v) is 1.71. The summed E-state index contributed by atoms with van der Waals surface area (Å²) >= 11 is 5.85. The third-order valence-corrected chi connectivity index (χ3v) is 2.77. The van der Waals surface area contributed by atoms with Crippen LogP contribution in [0.2, 0.25) is 5.02 Å². The van der Waals surface area contributed by atoms with Gasteiger partial charge in [0.1, 0.15) is 17.7 Å². The van der Waals surface area contributed by atoms with Crippen molar-refractivity contribution in [3.8, 4) is 6.07 Å². The lowest BCUT2D eigenvalue weighted by Gasteiger charge is -2.07. The minimum Gasteiger partial charge on any atom is -0.384 e. The van der Waals surface area contributed by atoms with Crippen LogP contribution < -0.4 is 11.1 Å². The average molecular weight is 291 g/mol. The van der Waals surface area contributed by atoms with E-state index in [-0.39, 0.29) is 27.7 Å². The van der Waals surface area contributed by atoms with Crippen molar-refractivity contribution < 1.29 is 9.18 Å². The standard InChI is InChI=1S/C13H8ClFN4O/c14-10-6-18-12(17)4-9(10)13(20)19-8-1-2-11(15)7(3-8)5-16/h1-4,6H,(H2,17,18)(H,19,20). The lowest BCUT2D eigenvalue weighted by Crippen LogP contribution is -2.13. The molecule has 0 bridgehead atoms. The summed E-state index contributed by atoms with van der Waals surface area (Å²) in [5.41, 5.74) is 5.74. The van der Waals surface area contributed by atoms with Crippen molar-refractivity contribution in [2.24, 2.45) is 0 Å². The van der Waals surface area contributed by atoms with E-state index in [1.807, 2.05) is 0 Å². The summed E-state index contributed by atoms with van der Waals surface area (Å²) in [4.78, 5) is 15.8. The quantitative estimate of drug-likeness (QED) is 0.889. The van der Waals surface area contributed by atoms with Crippen LogP contribution in [0.1, 0.15) is 15.9 Å². The number of nitrogen functional groups attached to an aromatic ring is 1. The molecular formula is C13H8ClFN4O. The van der Waals surface area contributed by atoms with Crippen molar-refractivity contribution in [1.29, 1.82) is 5.26 Å². The Kier molecular flexibility index (Phi) is 3.82. The van der Waals surface area contributed by atoms with Gasteiger partial charge in [-0.15, -0.1) is 0 Å². The number of hydrogen-bond acceptors (Lipinski definition) is 4. The molecule has 0 saturated heterocycles. The third kappa shape index (κ3) is 2.84. The molecule has 2 rings (SSSR count). The number of nitrogens with one attached hydrogen (secondary N) is 1. The van der Waals surface area contributed by atoms with Crippen molar-refractivity contribution in [1.82, 2.24) is 4.98 Å². The molecule has 3 N–H and O–H groups in total. The Morgan fingerprint density at radius 1 is 1.45 bits per heavy atom. The topological polar surface area (TPSA) is 91.8 Å². The van der Waals surface area contributed by atoms with Crippen molar-refractivity contribution >= 4 is 29.0 Å². The smallest absolute Gasteiger partial charge is 0.257 e. The molecule has 0 spiro atoms. The first-order chi connectivity index (χ1) is 9.51. The Morgan fingerprint density at radius 2 is 2.20 bits per heavy atom. The van der Waals surface area contributed by atoms with E-state index >= 15 is 0 Å². The number of nitriles is 1. The molecule has 20 heavy (non-hydrogen) atoms.